The van der Waals surface area contributed by atoms with Gasteiger partial charge in [0.25, 0.3) is 0 Å². The number of aliphatic hydroxyl groups excluding tert-OH is 1. The van der Waals surface area contributed by atoms with Crippen LogP contribution in [-0.4, -0.2) is 25.6 Å². The molecule has 158 valence electrons. The Morgan fingerprint density at radius 1 is 1.07 bits per heavy atom. The zero-order chi connectivity index (χ0) is 21.3. The normalized spacial score (nSPS) is 18.0. The van der Waals surface area contributed by atoms with E-state index in [4.69, 9.17) is 4.43 Å². The van der Waals surface area contributed by atoms with Crippen molar-refractivity contribution in [2.45, 2.75) is 111 Å². The van der Waals surface area contributed by atoms with Gasteiger partial charge in [0.05, 0.1) is 6.10 Å². The van der Waals surface area contributed by atoms with Crippen molar-refractivity contribution in [3.63, 3.8) is 0 Å². The van der Waals surface area contributed by atoms with Gasteiger partial charge in [0, 0.05) is 6.42 Å². The Bertz CT molecular complexity index is 481. The topological polar surface area (TPSA) is 29.5 Å². The predicted octanol–water partition coefficient (Wildman–Crippen LogP) is 6.81. The van der Waals surface area contributed by atoms with E-state index in [-0.39, 0.29) is 23.2 Å². The fourth-order valence-electron chi connectivity index (χ4n) is 3.03. The molecule has 1 unspecified atom stereocenters. The van der Waals surface area contributed by atoms with Crippen LogP contribution >= 0.6 is 0 Å². The van der Waals surface area contributed by atoms with Crippen LogP contribution in [0.15, 0.2) is 12.7 Å². The summed E-state index contributed by atoms with van der Waals surface area (Å²) >= 11 is 0. The van der Waals surface area contributed by atoms with Crippen molar-refractivity contribution in [3.8, 4) is 11.8 Å². The van der Waals surface area contributed by atoms with Crippen LogP contribution in [0.4, 0.5) is 0 Å². The molecule has 0 spiro atoms. The van der Waals surface area contributed by atoms with Crippen LogP contribution in [0.1, 0.15) is 80.6 Å². The summed E-state index contributed by atoms with van der Waals surface area (Å²) in [6.45, 7) is 24.0. The van der Waals surface area contributed by atoms with Gasteiger partial charge in [-0.25, -0.2) is 0 Å². The van der Waals surface area contributed by atoms with E-state index in [0.717, 1.165) is 32.1 Å². The van der Waals surface area contributed by atoms with Crippen molar-refractivity contribution in [2.24, 2.45) is 17.8 Å². The molecular formula is C24H46O2Si. The first-order chi connectivity index (χ1) is 12.3. The molecule has 0 amide bonds. The molecule has 2 nitrogen and oxygen atoms in total. The highest BCUT2D eigenvalue weighted by Gasteiger charge is 2.39. The number of hydrogen-bond acceptors (Lipinski definition) is 2. The maximum atomic E-state index is 10.1. The Hall–Kier alpha value is -0.563. The van der Waals surface area contributed by atoms with Crippen LogP contribution in [0, 0.1) is 29.6 Å². The fourth-order valence-corrected chi connectivity index (χ4v) is 4.25. The minimum absolute atomic E-state index is 0.0411. The average Bonchev–Trinajstić information content (AvgIpc) is 2.55. The van der Waals surface area contributed by atoms with E-state index in [1.165, 1.54) is 0 Å². The molecule has 0 saturated carbocycles. The SMILES string of the molecule is C=C[C@@H](C)[C@@H](O)CC[C@H](C)C[C@@H](C)CC(C#CCC)O[Si](C)(C)C(C)(C)C. The molecule has 0 bridgehead atoms. The quantitative estimate of drug-likeness (QED) is 0.237. The highest BCUT2D eigenvalue weighted by molar-refractivity contribution is 6.74. The van der Waals surface area contributed by atoms with Crippen LogP contribution in [0.25, 0.3) is 0 Å². The first-order valence-electron chi connectivity index (χ1n) is 10.8. The second-order valence-corrected chi connectivity index (χ2v) is 14.7. The molecule has 0 aromatic carbocycles. The lowest BCUT2D eigenvalue weighted by atomic mass is 9.88. The monoisotopic (exact) mass is 394 g/mol. The van der Waals surface area contributed by atoms with Crippen LogP contribution in [0.5, 0.6) is 0 Å². The van der Waals surface area contributed by atoms with Crippen molar-refractivity contribution >= 4 is 8.32 Å². The van der Waals surface area contributed by atoms with Crippen LogP contribution in [0.2, 0.25) is 18.1 Å². The smallest absolute Gasteiger partial charge is 0.193 e. The Morgan fingerprint density at radius 2 is 1.67 bits per heavy atom. The molecule has 0 aromatic heterocycles. The second-order valence-electron chi connectivity index (χ2n) is 9.96. The average molecular weight is 395 g/mol. The first-order valence-corrected chi connectivity index (χ1v) is 13.7. The lowest BCUT2D eigenvalue weighted by Gasteiger charge is -2.38. The van der Waals surface area contributed by atoms with Crippen molar-refractivity contribution < 1.29 is 9.53 Å². The third-order valence-corrected chi connectivity index (χ3v) is 10.5. The Balaban J connectivity index is 4.72. The van der Waals surface area contributed by atoms with E-state index < -0.39 is 8.32 Å². The van der Waals surface area contributed by atoms with Gasteiger partial charge in [0.1, 0.15) is 6.10 Å². The van der Waals surface area contributed by atoms with Crippen molar-refractivity contribution in [3.05, 3.63) is 12.7 Å². The zero-order valence-electron chi connectivity index (χ0n) is 19.6. The molecule has 0 fully saturated rings. The van der Waals surface area contributed by atoms with Crippen molar-refractivity contribution in [2.75, 3.05) is 0 Å². The largest absolute Gasteiger partial charge is 0.403 e. The molecule has 0 radical (unpaired) electrons. The fraction of sp³-hybridized carbons (Fsp3) is 0.833. The minimum Gasteiger partial charge on any atom is -0.403 e. The Labute approximate surface area is 171 Å². The molecular weight excluding hydrogens is 348 g/mol. The highest BCUT2D eigenvalue weighted by Crippen LogP contribution is 2.38. The van der Waals surface area contributed by atoms with Gasteiger partial charge in [-0.05, 0) is 61.6 Å². The molecule has 3 heteroatoms. The third kappa shape index (κ3) is 10.5. The molecule has 1 N–H and O–H groups in total. The summed E-state index contributed by atoms with van der Waals surface area (Å²) in [6, 6.07) is 0. The number of aliphatic hydroxyl groups is 1. The van der Waals surface area contributed by atoms with E-state index in [9.17, 15) is 5.11 Å². The second kappa shape index (κ2) is 12.1. The van der Waals surface area contributed by atoms with Crippen molar-refractivity contribution in [1.82, 2.24) is 0 Å². The predicted molar refractivity (Wildman–Crippen MR) is 122 cm³/mol. The number of rotatable bonds is 11. The third-order valence-electron chi connectivity index (χ3n) is 6.04. The van der Waals surface area contributed by atoms with E-state index in [1.54, 1.807) is 0 Å². The molecule has 5 atom stereocenters. The van der Waals surface area contributed by atoms with Crippen molar-refractivity contribution in [1.29, 1.82) is 0 Å². The van der Waals surface area contributed by atoms with Crippen LogP contribution in [0.3, 0.4) is 0 Å². The van der Waals surface area contributed by atoms with Gasteiger partial charge >= 0.3 is 0 Å². The zero-order valence-corrected chi connectivity index (χ0v) is 20.6. The molecule has 0 aromatic rings. The van der Waals surface area contributed by atoms with Gasteiger partial charge < -0.3 is 9.53 Å². The van der Waals surface area contributed by atoms with Gasteiger partial charge in [-0.3, -0.25) is 0 Å². The van der Waals surface area contributed by atoms with Gasteiger partial charge in [-0.1, -0.05) is 60.5 Å². The van der Waals surface area contributed by atoms with Gasteiger partial charge in [-0.2, -0.15) is 0 Å². The maximum absolute atomic E-state index is 10.1. The summed E-state index contributed by atoms with van der Waals surface area (Å²) in [5.41, 5.74) is 0. The van der Waals surface area contributed by atoms with Gasteiger partial charge in [0.15, 0.2) is 8.32 Å². The van der Waals surface area contributed by atoms with Gasteiger partial charge in [0.2, 0.25) is 0 Å². The van der Waals surface area contributed by atoms with E-state index in [1.807, 2.05) is 13.0 Å². The molecule has 0 aliphatic rings. The van der Waals surface area contributed by atoms with E-state index >= 15 is 0 Å². The standard InChI is InChI=1S/C24H46O2Si/c1-11-13-14-22(26-27(9,10)24(6,7)8)18-20(4)17-19(3)15-16-23(25)21(5)12-2/h12,19-23,25H,2,11,15-18H2,1,3-10H3/t19-,20+,21+,22?,23-/m0/s1. The first kappa shape index (κ1) is 26.4. The molecule has 0 aliphatic carbocycles. The molecule has 0 heterocycles. The lowest BCUT2D eigenvalue weighted by Crippen LogP contribution is -2.44. The van der Waals surface area contributed by atoms with E-state index in [2.05, 4.69) is 73.1 Å². The number of hydrogen-bond donors (Lipinski definition) is 1. The van der Waals surface area contributed by atoms with Gasteiger partial charge in [-0.15, -0.1) is 12.5 Å². The Morgan fingerprint density at radius 3 is 2.15 bits per heavy atom. The molecule has 0 rings (SSSR count). The summed E-state index contributed by atoms with van der Waals surface area (Å²) in [7, 11) is -1.82. The Kier molecular flexibility index (Phi) is 11.8. The molecule has 0 aliphatic heterocycles. The maximum Gasteiger partial charge on any atom is 0.193 e. The lowest BCUT2D eigenvalue weighted by molar-refractivity contribution is 0.118. The highest BCUT2D eigenvalue weighted by atomic mass is 28.4. The van der Waals surface area contributed by atoms with Crippen LogP contribution < -0.4 is 0 Å². The minimum atomic E-state index is -1.82. The summed E-state index contributed by atoms with van der Waals surface area (Å²) in [4.78, 5) is 0. The summed E-state index contributed by atoms with van der Waals surface area (Å²) < 4.78 is 6.62. The summed E-state index contributed by atoms with van der Waals surface area (Å²) in [5, 5.41) is 10.3. The molecule has 0 saturated heterocycles. The molecule has 27 heavy (non-hydrogen) atoms. The van der Waals surface area contributed by atoms with Crippen LogP contribution in [-0.2, 0) is 4.43 Å². The van der Waals surface area contributed by atoms with E-state index in [0.29, 0.717) is 11.8 Å². The summed E-state index contributed by atoms with van der Waals surface area (Å²) in [6.07, 6.45) is 6.54. The summed E-state index contributed by atoms with van der Waals surface area (Å²) in [5.74, 6) is 7.96.